The highest BCUT2D eigenvalue weighted by Gasteiger charge is 2.19. The lowest BCUT2D eigenvalue weighted by molar-refractivity contribution is -0.384. The van der Waals surface area contributed by atoms with Gasteiger partial charge in [0.25, 0.3) is 5.69 Å². The monoisotopic (exact) mass is 428 g/mol. The van der Waals surface area contributed by atoms with Gasteiger partial charge in [0, 0.05) is 22.2 Å². The molecule has 0 aliphatic heterocycles. The predicted molar refractivity (Wildman–Crippen MR) is 114 cm³/mol. The first-order chi connectivity index (χ1) is 13.8. The molecule has 0 fully saturated rings. The molecule has 0 aliphatic carbocycles. The Balaban J connectivity index is 1.89. The number of nitro groups is 1. The average Bonchev–Trinajstić information content (AvgIpc) is 2.99. The number of nitro benzene ring substituents is 1. The molecule has 6 nitrogen and oxygen atoms in total. The summed E-state index contributed by atoms with van der Waals surface area (Å²) in [6.07, 6.45) is 0. The molecular weight excluding hydrogens is 415 g/mol. The Morgan fingerprint density at radius 1 is 1.14 bits per heavy atom. The van der Waals surface area contributed by atoms with Crippen molar-refractivity contribution in [2.45, 2.75) is 13.8 Å². The summed E-state index contributed by atoms with van der Waals surface area (Å²) in [7, 11) is 0. The molecule has 2 heterocycles. The van der Waals surface area contributed by atoms with Gasteiger partial charge in [0.2, 0.25) is 0 Å². The topological polar surface area (TPSA) is 81.0 Å². The Morgan fingerprint density at radius 2 is 1.86 bits per heavy atom. The molecule has 0 radical (unpaired) electrons. The molecular formula is C20H14ClFN4O2S. The lowest BCUT2D eigenvalue weighted by Gasteiger charge is -2.10. The van der Waals surface area contributed by atoms with E-state index in [0.29, 0.717) is 17.3 Å². The van der Waals surface area contributed by atoms with E-state index in [1.807, 2.05) is 6.92 Å². The van der Waals surface area contributed by atoms with Crippen LogP contribution in [0, 0.1) is 29.8 Å². The third kappa shape index (κ3) is 3.64. The van der Waals surface area contributed by atoms with Crippen molar-refractivity contribution in [1.82, 2.24) is 9.97 Å². The molecule has 0 atom stereocenters. The Labute approximate surface area is 174 Å². The van der Waals surface area contributed by atoms with Crippen molar-refractivity contribution < 1.29 is 9.31 Å². The van der Waals surface area contributed by atoms with Crippen LogP contribution >= 0.6 is 22.9 Å². The van der Waals surface area contributed by atoms with E-state index in [9.17, 15) is 14.5 Å². The molecule has 2 aromatic carbocycles. The highest BCUT2D eigenvalue weighted by molar-refractivity contribution is 7.19. The first-order valence-corrected chi connectivity index (χ1v) is 9.77. The van der Waals surface area contributed by atoms with E-state index in [1.165, 1.54) is 35.6 Å². The number of nitrogens with one attached hydrogen (secondary N) is 1. The van der Waals surface area contributed by atoms with Gasteiger partial charge in [-0.3, -0.25) is 10.1 Å². The second-order valence-electron chi connectivity index (χ2n) is 6.39. The van der Waals surface area contributed by atoms with E-state index in [2.05, 4.69) is 15.3 Å². The maximum absolute atomic E-state index is 13.4. The summed E-state index contributed by atoms with van der Waals surface area (Å²) >= 11 is 7.42. The second kappa shape index (κ2) is 7.38. The molecule has 0 bridgehead atoms. The van der Waals surface area contributed by atoms with Crippen LogP contribution in [0.1, 0.15) is 10.7 Å². The molecule has 1 N–H and O–H groups in total. The van der Waals surface area contributed by atoms with Crippen LogP contribution in [0.5, 0.6) is 0 Å². The highest BCUT2D eigenvalue weighted by atomic mass is 35.5. The quantitative estimate of drug-likeness (QED) is 0.299. The van der Waals surface area contributed by atoms with Crippen LogP contribution in [-0.2, 0) is 0 Å². The summed E-state index contributed by atoms with van der Waals surface area (Å²) < 4.78 is 13.4. The lowest BCUT2D eigenvalue weighted by Crippen LogP contribution is -1.99. The molecule has 0 amide bonds. The Bertz CT molecular complexity index is 1260. The summed E-state index contributed by atoms with van der Waals surface area (Å²) in [5.41, 5.74) is 2.03. The minimum atomic E-state index is -0.535. The largest absolute Gasteiger partial charge is 0.339 e. The summed E-state index contributed by atoms with van der Waals surface area (Å²) in [5.74, 6) is 0.771. The van der Waals surface area contributed by atoms with Crippen molar-refractivity contribution in [2.24, 2.45) is 0 Å². The number of halogens is 2. The van der Waals surface area contributed by atoms with Crippen molar-refractivity contribution in [3.8, 4) is 11.1 Å². The van der Waals surface area contributed by atoms with Crippen LogP contribution in [0.4, 0.5) is 21.6 Å². The fraction of sp³-hybridized carbons (Fsp3) is 0.100. The Hall–Kier alpha value is -3.10. The standard InChI is InChI=1S/C20H14ClFN4O2S/c1-10-17(12-3-5-13(22)6-4-12)18-19(23-11(2)24-20(18)29-10)25-14-7-8-15(21)16(9-14)26(27)28/h3-9H,1-2H3,(H,23,24,25). The number of rotatable bonds is 4. The number of aryl methyl sites for hydroxylation is 2. The molecule has 29 heavy (non-hydrogen) atoms. The van der Waals surface area contributed by atoms with Gasteiger partial charge >= 0.3 is 0 Å². The lowest BCUT2D eigenvalue weighted by atomic mass is 10.0. The smallest absolute Gasteiger partial charge is 0.289 e. The molecule has 9 heteroatoms. The summed E-state index contributed by atoms with van der Waals surface area (Å²) in [4.78, 5) is 21.5. The van der Waals surface area contributed by atoms with Crippen molar-refractivity contribution in [2.75, 3.05) is 5.32 Å². The van der Waals surface area contributed by atoms with Crippen LogP contribution in [-0.4, -0.2) is 14.9 Å². The predicted octanol–water partition coefficient (Wildman–Crippen LogP) is 6.42. The van der Waals surface area contributed by atoms with Crippen LogP contribution in [0.3, 0.4) is 0 Å². The minimum Gasteiger partial charge on any atom is -0.339 e. The summed E-state index contributed by atoms with van der Waals surface area (Å²) in [6, 6.07) is 10.7. The van der Waals surface area contributed by atoms with Crippen molar-refractivity contribution in [3.05, 3.63) is 74.1 Å². The van der Waals surface area contributed by atoms with Crippen molar-refractivity contribution in [1.29, 1.82) is 0 Å². The van der Waals surface area contributed by atoms with E-state index >= 15 is 0 Å². The van der Waals surface area contributed by atoms with Gasteiger partial charge in [-0.2, -0.15) is 0 Å². The fourth-order valence-corrected chi connectivity index (χ4v) is 4.42. The zero-order valence-corrected chi connectivity index (χ0v) is 16.9. The molecule has 4 aromatic rings. The van der Waals surface area contributed by atoms with E-state index in [0.717, 1.165) is 26.2 Å². The molecule has 4 rings (SSSR count). The van der Waals surface area contributed by atoms with Crippen LogP contribution < -0.4 is 5.32 Å². The molecule has 0 spiro atoms. The van der Waals surface area contributed by atoms with Gasteiger partial charge in [-0.15, -0.1) is 11.3 Å². The first kappa shape index (κ1) is 19.2. The van der Waals surface area contributed by atoms with E-state index in [-0.39, 0.29) is 16.5 Å². The first-order valence-electron chi connectivity index (χ1n) is 8.58. The van der Waals surface area contributed by atoms with Crippen LogP contribution in [0.2, 0.25) is 5.02 Å². The second-order valence-corrected chi connectivity index (χ2v) is 8.00. The zero-order valence-electron chi connectivity index (χ0n) is 15.4. The number of thiophene rings is 1. The van der Waals surface area contributed by atoms with Gasteiger partial charge < -0.3 is 5.32 Å². The number of fused-ring (bicyclic) bond motifs is 1. The molecule has 0 saturated carbocycles. The number of nitrogens with zero attached hydrogens (tertiary/aromatic N) is 3. The third-order valence-electron chi connectivity index (χ3n) is 4.38. The summed E-state index contributed by atoms with van der Waals surface area (Å²) in [5, 5.41) is 15.2. The van der Waals surface area contributed by atoms with Gasteiger partial charge in [0.15, 0.2) is 0 Å². The summed E-state index contributed by atoms with van der Waals surface area (Å²) in [6.45, 7) is 3.75. The van der Waals surface area contributed by atoms with Gasteiger partial charge in [-0.25, -0.2) is 14.4 Å². The average molecular weight is 429 g/mol. The molecule has 0 unspecified atom stereocenters. The molecule has 0 saturated heterocycles. The van der Waals surface area contributed by atoms with Gasteiger partial charge in [-0.1, -0.05) is 23.7 Å². The van der Waals surface area contributed by atoms with Gasteiger partial charge in [0.1, 0.15) is 27.3 Å². The normalized spacial score (nSPS) is 11.0. The molecule has 146 valence electrons. The number of aromatic nitrogens is 2. The minimum absolute atomic E-state index is 0.0583. The Kier molecular flexibility index (Phi) is 4.89. The van der Waals surface area contributed by atoms with E-state index in [1.54, 1.807) is 25.1 Å². The fourth-order valence-electron chi connectivity index (χ4n) is 3.14. The number of hydrogen-bond acceptors (Lipinski definition) is 6. The highest BCUT2D eigenvalue weighted by Crippen LogP contribution is 2.41. The number of anilines is 2. The van der Waals surface area contributed by atoms with Crippen LogP contribution in [0.25, 0.3) is 21.3 Å². The molecule has 0 aliphatic rings. The third-order valence-corrected chi connectivity index (χ3v) is 5.70. The van der Waals surface area contributed by atoms with Crippen molar-refractivity contribution >= 4 is 50.3 Å². The Morgan fingerprint density at radius 3 is 2.55 bits per heavy atom. The molecule has 2 aromatic heterocycles. The van der Waals surface area contributed by atoms with Gasteiger partial charge in [-0.05, 0) is 43.7 Å². The number of benzene rings is 2. The number of hydrogen-bond donors (Lipinski definition) is 1. The zero-order chi connectivity index (χ0) is 20.7. The van der Waals surface area contributed by atoms with Crippen molar-refractivity contribution in [3.63, 3.8) is 0 Å². The SMILES string of the molecule is Cc1nc(Nc2ccc(Cl)c([N+](=O)[O-])c2)c2c(-c3ccc(F)cc3)c(C)sc2n1. The van der Waals surface area contributed by atoms with Crippen LogP contribution in [0.15, 0.2) is 42.5 Å². The van der Waals surface area contributed by atoms with E-state index < -0.39 is 4.92 Å². The maximum Gasteiger partial charge on any atom is 0.289 e. The maximum atomic E-state index is 13.4. The van der Waals surface area contributed by atoms with Gasteiger partial charge in [0.05, 0.1) is 10.3 Å². The van der Waals surface area contributed by atoms with E-state index in [4.69, 9.17) is 11.6 Å².